The molecule has 2 aromatic heterocycles. The number of aromatic nitrogens is 7. The van der Waals surface area contributed by atoms with Gasteiger partial charge in [-0.05, 0) is 65.8 Å². The van der Waals surface area contributed by atoms with Gasteiger partial charge in [0.25, 0.3) is 0 Å². The molecule has 0 saturated carbocycles. The molecule has 7 nitrogen and oxygen atoms in total. The molecule has 1 aliphatic carbocycles. The second kappa shape index (κ2) is 6.30. The number of hydrogen-bond acceptors (Lipinski definition) is 5. The van der Waals surface area contributed by atoms with Crippen LogP contribution in [-0.4, -0.2) is 35.0 Å². The molecule has 0 amide bonds. The molecular formula is C19H23N7. The van der Waals surface area contributed by atoms with Gasteiger partial charge in [0.05, 0.1) is 11.6 Å². The van der Waals surface area contributed by atoms with Gasteiger partial charge < -0.3 is 0 Å². The van der Waals surface area contributed by atoms with Crippen molar-refractivity contribution in [2.24, 2.45) is 0 Å². The number of nitrogens with zero attached hydrogens (tertiary/aromatic N) is 7. The number of benzene rings is 1. The van der Waals surface area contributed by atoms with Crippen molar-refractivity contribution in [3.05, 3.63) is 46.8 Å². The summed E-state index contributed by atoms with van der Waals surface area (Å²) >= 11 is 0. The van der Waals surface area contributed by atoms with Crippen LogP contribution in [0.25, 0.3) is 5.69 Å². The van der Waals surface area contributed by atoms with Crippen molar-refractivity contribution in [2.45, 2.75) is 64.3 Å². The monoisotopic (exact) mass is 349 g/mol. The van der Waals surface area contributed by atoms with Gasteiger partial charge in [0.15, 0.2) is 11.6 Å². The van der Waals surface area contributed by atoms with Crippen molar-refractivity contribution in [2.75, 3.05) is 0 Å². The highest BCUT2D eigenvalue weighted by molar-refractivity contribution is 5.43. The number of tetrazole rings is 1. The zero-order chi connectivity index (χ0) is 17.5. The fourth-order valence-corrected chi connectivity index (χ4v) is 4.23. The summed E-state index contributed by atoms with van der Waals surface area (Å²) in [6, 6.07) is 6.73. The van der Waals surface area contributed by atoms with E-state index in [2.05, 4.69) is 40.6 Å². The third kappa shape index (κ3) is 2.53. The molecule has 5 rings (SSSR count). The Morgan fingerprint density at radius 2 is 2.00 bits per heavy atom. The lowest BCUT2D eigenvalue weighted by Gasteiger charge is -2.14. The zero-order valence-corrected chi connectivity index (χ0v) is 15.1. The predicted molar refractivity (Wildman–Crippen MR) is 96.3 cm³/mol. The van der Waals surface area contributed by atoms with E-state index in [4.69, 9.17) is 10.1 Å². The standard InChI is InChI=1S/C19H23N7/c1-2-17-20-18(16-8-3-4-11-25-19(16)21-23-24-25)26(22-17)15-10-9-13-6-5-7-14(13)12-15/h9-10,12,16H,2-8,11H2,1H3/t16-/m0/s1. The normalized spacial score (nSPS) is 19.2. The van der Waals surface area contributed by atoms with Gasteiger partial charge in [0, 0.05) is 13.0 Å². The molecule has 0 saturated heterocycles. The molecule has 134 valence electrons. The molecular weight excluding hydrogens is 326 g/mol. The molecule has 3 aromatic rings. The second-order valence-electron chi connectivity index (χ2n) is 7.27. The maximum Gasteiger partial charge on any atom is 0.161 e. The van der Waals surface area contributed by atoms with Crippen LogP contribution in [0.5, 0.6) is 0 Å². The van der Waals surface area contributed by atoms with Crippen LogP contribution in [0, 0.1) is 0 Å². The van der Waals surface area contributed by atoms with Crippen LogP contribution in [-0.2, 0) is 25.8 Å². The van der Waals surface area contributed by atoms with Gasteiger partial charge in [0.1, 0.15) is 5.82 Å². The summed E-state index contributed by atoms with van der Waals surface area (Å²) in [6.45, 7) is 2.98. The Hall–Kier alpha value is -2.57. The van der Waals surface area contributed by atoms with Crippen LogP contribution in [0.3, 0.4) is 0 Å². The lowest BCUT2D eigenvalue weighted by Crippen LogP contribution is -2.14. The van der Waals surface area contributed by atoms with Crippen molar-refractivity contribution in [3.8, 4) is 5.69 Å². The van der Waals surface area contributed by atoms with E-state index in [1.165, 1.54) is 24.0 Å². The molecule has 3 heterocycles. The first-order chi connectivity index (χ1) is 12.8. The van der Waals surface area contributed by atoms with Crippen molar-refractivity contribution in [3.63, 3.8) is 0 Å². The third-order valence-electron chi connectivity index (χ3n) is 5.61. The molecule has 0 bridgehead atoms. The minimum atomic E-state index is 0.0913. The van der Waals surface area contributed by atoms with E-state index in [1.807, 2.05) is 9.36 Å². The fraction of sp³-hybridized carbons (Fsp3) is 0.526. The van der Waals surface area contributed by atoms with Gasteiger partial charge in [-0.25, -0.2) is 14.3 Å². The lowest BCUT2D eigenvalue weighted by molar-refractivity contribution is 0.556. The van der Waals surface area contributed by atoms with Crippen molar-refractivity contribution >= 4 is 0 Å². The molecule has 0 unspecified atom stereocenters. The van der Waals surface area contributed by atoms with E-state index in [0.717, 1.165) is 61.8 Å². The Morgan fingerprint density at radius 1 is 1.08 bits per heavy atom. The highest BCUT2D eigenvalue weighted by Gasteiger charge is 2.29. The predicted octanol–water partition coefficient (Wildman–Crippen LogP) is 2.62. The first kappa shape index (κ1) is 15.7. The summed E-state index contributed by atoms with van der Waals surface area (Å²) in [4.78, 5) is 4.89. The number of hydrogen-bond donors (Lipinski definition) is 0. The second-order valence-corrected chi connectivity index (χ2v) is 7.27. The highest BCUT2D eigenvalue weighted by Crippen LogP contribution is 2.32. The van der Waals surface area contributed by atoms with Gasteiger partial charge in [-0.1, -0.05) is 19.4 Å². The van der Waals surface area contributed by atoms with Crippen LogP contribution < -0.4 is 0 Å². The first-order valence-electron chi connectivity index (χ1n) is 9.67. The molecule has 1 atom stereocenters. The highest BCUT2D eigenvalue weighted by atomic mass is 15.5. The summed E-state index contributed by atoms with van der Waals surface area (Å²) < 4.78 is 3.97. The van der Waals surface area contributed by atoms with Gasteiger partial charge >= 0.3 is 0 Å². The van der Waals surface area contributed by atoms with Gasteiger partial charge in [-0.2, -0.15) is 5.10 Å². The smallest absolute Gasteiger partial charge is 0.161 e. The average Bonchev–Trinajstić information content (AvgIpc) is 3.38. The average molecular weight is 349 g/mol. The molecule has 1 aliphatic heterocycles. The quantitative estimate of drug-likeness (QED) is 0.727. The molecule has 0 fully saturated rings. The van der Waals surface area contributed by atoms with Gasteiger partial charge in [0.2, 0.25) is 0 Å². The third-order valence-corrected chi connectivity index (χ3v) is 5.61. The van der Waals surface area contributed by atoms with Crippen LogP contribution in [0.15, 0.2) is 18.2 Å². The molecule has 7 heteroatoms. The Morgan fingerprint density at radius 3 is 2.92 bits per heavy atom. The molecule has 26 heavy (non-hydrogen) atoms. The minimum absolute atomic E-state index is 0.0913. The number of aryl methyl sites for hydroxylation is 4. The van der Waals surface area contributed by atoms with Gasteiger partial charge in [-0.15, -0.1) is 5.10 Å². The fourth-order valence-electron chi connectivity index (χ4n) is 4.23. The molecule has 0 spiro atoms. The number of fused-ring (bicyclic) bond motifs is 2. The van der Waals surface area contributed by atoms with Crippen molar-refractivity contribution < 1.29 is 0 Å². The van der Waals surface area contributed by atoms with E-state index in [-0.39, 0.29) is 5.92 Å². The Kier molecular flexibility index (Phi) is 3.80. The van der Waals surface area contributed by atoms with Gasteiger partial charge in [-0.3, -0.25) is 0 Å². The molecule has 1 aromatic carbocycles. The summed E-state index contributed by atoms with van der Waals surface area (Å²) in [5.41, 5.74) is 4.04. The topological polar surface area (TPSA) is 74.3 Å². The van der Waals surface area contributed by atoms with Crippen molar-refractivity contribution in [1.29, 1.82) is 0 Å². The van der Waals surface area contributed by atoms with E-state index in [0.29, 0.717) is 0 Å². The SMILES string of the molecule is CCc1nc([C@@H]2CCCCn3nnnc32)n(-c2ccc3c(c2)CCC3)n1. The largest absolute Gasteiger partial charge is 0.229 e. The van der Waals surface area contributed by atoms with E-state index >= 15 is 0 Å². The molecule has 0 radical (unpaired) electrons. The summed E-state index contributed by atoms with van der Waals surface area (Å²) in [7, 11) is 0. The number of rotatable bonds is 3. The van der Waals surface area contributed by atoms with E-state index < -0.39 is 0 Å². The maximum atomic E-state index is 4.89. The molecule has 0 N–H and O–H groups in total. The van der Waals surface area contributed by atoms with Crippen LogP contribution in [0.1, 0.15) is 67.1 Å². The molecule has 2 aliphatic rings. The van der Waals surface area contributed by atoms with E-state index in [9.17, 15) is 0 Å². The summed E-state index contributed by atoms with van der Waals surface area (Å²) in [5, 5.41) is 17.2. The minimum Gasteiger partial charge on any atom is -0.229 e. The first-order valence-corrected chi connectivity index (χ1v) is 9.67. The summed E-state index contributed by atoms with van der Waals surface area (Å²) in [5.74, 6) is 2.86. The summed E-state index contributed by atoms with van der Waals surface area (Å²) in [6.07, 6.45) is 7.67. The van der Waals surface area contributed by atoms with Crippen LogP contribution >= 0.6 is 0 Å². The Bertz CT molecular complexity index is 939. The lowest BCUT2D eigenvalue weighted by atomic mass is 10.0. The van der Waals surface area contributed by atoms with Crippen LogP contribution in [0.4, 0.5) is 0 Å². The van der Waals surface area contributed by atoms with Crippen LogP contribution in [0.2, 0.25) is 0 Å². The van der Waals surface area contributed by atoms with Crippen molar-refractivity contribution in [1.82, 2.24) is 35.0 Å². The zero-order valence-electron chi connectivity index (χ0n) is 15.1. The Labute approximate surface area is 152 Å². The maximum absolute atomic E-state index is 4.89. The van der Waals surface area contributed by atoms with E-state index in [1.54, 1.807) is 0 Å². The Balaban J connectivity index is 1.63.